The number of benzene rings is 1. The van der Waals surface area contributed by atoms with Gasteiger partial charge in [0, 0.05) is 18.3 Å². The van der Waals surface area contributed by atoms with Crippen LogP contribution < -0.4 is 11.1 Å². The summed E-state index contributed by atoms with van der Waals surface area (Å²) in [6, 6.07) is 7.41. The molecule has 0 fully saturated rings. The second-order valence-corrected chi connectivity index (χ2v) is 2.42. The number of rotatable bonds is 3. The van der Waals surface area contributed by atoms with E-state index in [1.165, 1.54) is 0 Å². The van der Waals surface area contributed by atoms with E-state index in [2.05, 4.69) is 15.6 Å². The molecule has 1 rings (SSSR count). The van der Waals surface area contributed by atoms with Gasteiger partial charge in [-0.1, -0.05) is 17.4 Å². The Labute approximate surface area is 76.2 Å². The van der Waals surface area contributed by atoms with E-state index in [0.29, 0.717) is 0 Å². The molecule has 0 aliphatic rings. The maximum absolute atomic E-state index is 6.52. The van der Waals surface area contributed by atoms with Gasteiger partial charge in [0.1, 0.15) is 0 Å². The van der Waals surface area contributed by atoms with Crippen molar-refractivity contribution < 1.29 is 0 Å². The highest BCUT2D eigenvalue weighted by Crippen LogP contribution is 2.09. The summed E-state index contributed by atoms with van der Waals surface area (Å²) in [5, 5.41) is 9.26. The summed E-state index contributed by atoms with van der Waals surface area (Å²) in [7, 11) is 1.82. The van der Waals surface area contributed by atoms with Crippen LogP contribution in [0.2, 0.25) is 0 Å². The Morgan fingerprint density at radius 1 is 1.54 bits per heavy atom. The van der Waals surface area contributed by atoms with Crippen LogP contribution in [0.4, 0.5) is 5.69 Å². The lowest BCUT2D eigenvalue weighted by Crippen LogP contribution is -2.12. The molecule has 0 spiro atoms. The Morgan fingerprint density at radius 2 is 2.31 bits per heavy atom. The summed E-state index contributed by atoms with van der Waals surface area (Å²) >= 11 is 0. The van der Waals surface area contributed by atoms with E-state index in [0.717, 1.165) is 11.3 Å². The molecule has 5 heteroatoms. The summed E-state index contributed by atoms with van der Waals surface area (Å²) in [5.74, 6) is 0.243. The van der Waals surface area contributed by atoms with E-state index < -0.39 is 0 Å². The van der Waals surface area contributed by atoms with Crippen molar-refractivity contribution in [2.45, 2.75) is 0 Å². The smallest absolute Gasteiger partial charge is 0.155 e. The third-order valence-electron chi connectivity index (χ3n) is 1.60. The summed E-state index contributed by atoms with van der Waals surface area (Å²) in [6.45, 7) is 0. The zero-order valence-electron chi connectivity index (χ0n) is 7.28. The third kappa shape index (κ3) is 2.26. The van der Waals surface area contributed by atoms with Gasteiger partial charge in [-0.15, -0.1) is 5.10 Å². The molecule has 0 radical (unpaired) electrons. The average molecular weight is 177 g/mol. The van der Waals surface area contributed by atoms with Crippen LogP contribution >= 0.6 is 0 Å². The van der Waals surface area contributed by atoms with Gasteiger partial charge in [-0.3, -0.25) is 0 Å². The minimum Gasteiger partial charge on any atom is -0.388 e. The zero-order chi connectivity index (χ0) is 9.68. The molecule has 4 N–H and O–H groups in total. The predicted molar refractivity (Wildman–Crippen MR) is 51.9 cm³/mol. The van der Waals surface area contributed by atoms with Gasteiger partial charge in [-0.25, -0.2) is 0 Å². The molecule has 0 saturated carbocycles. The molecule has 5 nitrogen and oxygen atoms in total. The highest BCUT2D eigenvalue weighted by molar-refractivity contribution is 5.98. The third-order valence-corrected chi connectivity index (χ3v) is 1.60. The first-order valence-electron chi connectivity index (χ1n) is 3.76. The van der Waals surface area contributed by atoms with Gasteiger partial charge in [-0.2, -0.15) is 5.53 Å². The maximum atomic E-state index is 6.52. The quantitative estimate of drug-likeness (QED) is 0.282. The van der Waals surface area contributed by atoms with Gasteiger partial charge in [0.15, 0.2) is 5.84 Å². The SMILES string of the molecule is CNc1cccc(C(N)=NN=N)c1. The lowest BCUT2D eigenvalue weighted by molar-refractivity contribution is 0.986. The number of nitrogens with zero attached hydrogens (tertiary/aromatic N) is 2. The van der Waals surface area contributed by atoms with Crippen molar-refractivity contribution >= 4 is 11.5 Å². The van der Waals surface area contributed by atoms with Crippen molar-refractivity contribution in [3.8, 4) is 0 Å². The normalized spacial score (nSPS) is 11.0. The number of hydrogen-bond acceptors (Lipinski definition) is 3. The van der Waals surface area contributed by atoms with E-state index >= 15 is 0 Å². The monoisotopic (exact) mass is 177 g/mol. The minimum atomic E-state index is 0.243. The van der Waals surface area contributed by atoms with Gasteiger partial charge < -0.3 is 11.1 Å². The number of nitrogens with one attached hydrogen (secondary N) is 2. The van der Waals surface area contributed by atoms with Crippen molar-refractivity contribution in [1.29, 1.82) is 5.53 Å². The average Bonchev–Trinajstić information content (AvgIpc) is 2.18. The Hall–Kier alpha value is -1.91. The molecular weight excluding hydrogens is 166 g/mol. The van der Waals surface area contributed by atoms with E-state index in [1.54, 1.807) is 0 Å². The Kier molecular flexibility index (Phi) is 2.97. The van der Waals surface area contributed by atoms with E-state index in [1.807, 2.05) is 31.3 Å². The molecule has 1 aromatic rings. The Balaban J connectivity index is 3.01. The maximum Gasteiger partial charge on any atom is 0.155 e. The van der Waals surface area contributed by atoms with Crippen LogP contribution in [0.3, 0.4) is 0 Å². The molecule has 0 amide bonds. The largest absolute Gasteiger partial charge is 0.388 e. The minimum absolute atomic E-state index is 0.243. The number of amidine groups is 1. The van der Waals surface area contributed by atoms with Crippen LogP contribution in [0.1, 0.15) is 5.56 Å². The molecule has 0 aliphatic carbocycles. The molecule has 13 heavy (non-hydrogen) atoms. The van der Waals surface area contributed by atoms with Crippen LogP contribution in [-0.2, 0) is 0 Å². The van der Waals surface area contributed by atoms with Gasteiger partial charge >= 0.3 is 0 Å². The first-order valence-corrected chi connectivity index (χ1v) is 3.76. The molecular formula is C8H11N5. The second-order valence-electron chi connectivity index (χ2n) is 2.42. The highest BCUT2D eigenvalue weighted by atomic mass is 15.3. The molecule has 0 atom stereocenters. The van der Waals surface area contributed by atoms with E-state index in [4.69, 9.17) is 11.3 Å². The number of nitrogens with two attached hydrogens (primary N) is 1. The van der Waals surface area contributed by atoms with Crippen molar-refractivity contribution in [1.82, 2.24) is 0 Å². The van der Waals surface area contributed by atoms with Crippen LogP contribution in [-0.4, -0.2) is 12.9 Å². The van der Waals surface area contributed by atoms with Crippen molar-refractivity contribution in [2.75, 3.05) is 12.4 Å². The molecule has 0 saturated heterocycles. The molecule has 0 aromatic heterocycles. The zero-order valence-corrected chi connectivity index (χ0v) is 7.28. The van der Waals surface area contributed by atoms with Crippen molar-refractivity contribution in [3.63, 3.8) is 0 Å². The fraction of sp³-hybridized carbons (Fsp3) is 0.125. The fourth-order valence-corrected chi connectivity index (χ4v) is 0.946. The molecule has 68 valence electrons. The lowest BCUT2D eigenvalue weighted by atomic mass is 10.2. The first kappa shape index (κ1) is 9.18. The van der Waals surface area contributed by atoms with Crippen molar-refractivity contribution in [3.05, 3.63) is 29.8 Å². The van der Waals surface area contributed by atoms with Crippen LogP contribution in [0.5, 0.6) is 0 Å². The molecule has 0 aliphatic heterocycles. The molecule has 0 unspecified atom stereocenters. The molecule has 0 heterocycles. The van der Waals surface area contributed by atoms with E-state index in [9.17, 15) is 0 Å². The standard InChI is InChI=1S/C8H11N5/c1-11-7-4-2-3-6(5-7)8(9)12-13-10/h2-5,11H,1H3,(H3,9,10,12). The highest BCUT2D eigenvalue weighted by Gasteiger charge is 1.98. The molecule has 0 bridgehead atoms. The fourth-order valence-electron chi connectivity index (χ4n) is 0.946. The van der Waals surface area contributed by atoms with Gasteiger partial charge in [0.05, 0.1) is 0 Å². The number of hydrogen-bond donors (Lipinski definition) is 3. The van der Waals surface area contributed by atoms with Crippen LogP contribution in [0.25, 0.3) is 0 Å². The predicted octanol–water partition coefficient (Wildman–Crippen LogP) is 1.38. The summed E-state index contributed by atoms with van der Waals surface area (Å²) in [6.07, 6.45) is 0. The van der Waals surface area contributed by atoms with Gasteiger partial charge in [-0.05, 0) is 12.1 Å². The van der Waals surface area contributed by atoms with E-state index in [-0.39, 0.29) is 5.84 Å². The van der Waals surface area contributed by atoms with Crippen LogP contribution in [0, 0.1) is 5.53 Å². The van der Waals surface area contributed by atoms with Gasteiger partial charge in [0.2, 0.25) is 0 Å². The van der Waals surface area contributed by atoms with Gasteiger partial charge in [0.25, 0.3) is 0 Å². The Morgan fingerprint density at radius 3 is 2.92 bits per heavy atom. The topological polar surface area (TPSA) is 86.6 Å². The second kappa shape index (κ2) is 4.20. The first-order chi connectivity index (χ1) is 6.27. The summed E-state index contributed by atoms with van der Waals surface area (Å²) in [5.41, 5.74) is 13.8. The van der Waals surface area contributed by atoms with Crippen LogP contribution in [0.15, 0.2) is 34.6 Å². The lowest BCUT2D eigenvalue weighted by Gasteiger charge is -2.02. The van der Waals surface area contributed by atoms with Crippen molar-refractivity contribution in [2.24, 2.45) is 16.1 Å². The Bertz CT molecular complexity index is 331. The molecule has 1 aromatic carbocycles. The number of anilines is 1. The summed E-state index contributed by atoms with van der Waals surface area (Å²) < 4.78 is 0. The summed E-state index contributed by atoms with van der Waals surface area (Å²) in [4.78, 5) is 0.